The summed E-state index contributed by atoms with van der Waals surface area (Å²) in [6.07, 6.45) is 0. The van der Waals surface area contributed by atoms with E-state index in [1.54, 1.807) is 31.3 Å². The van der Waals surface area contributed by atoms with E-state index in [9.17, 15) is 19.2 Å². The molecule has 188 valence electrons. The summed E-state index contributed by atoms with van der Waals surface area (Å²) in [5.41, 5.74) is 1.05. The third kappa shape index (κ3) is 4.36. The quantitative estimate of drug-likeness (QED) is 0.162. The number of amides is 3. The number of tetrazole rings is 1. The number of hydrogen-bond donors (Lipinski definition) is 0. The number of nitrogens with zero attached hydrogens (tertiary/aromatic N) is 6. The van der Waals surface area contributed by atoms with Crippen molar-refractivity contribution in [2.75, 3.05) is 18.1 Å². The van der Waals surface area contributed by atoms with E-state index in [0.717, 1.165) is 4.90 Å². The van der Waals surface area contributed by atoms with Gasteiger partial charge in [-0.05, 0) is 28.1 Å². The minimum absolute atomic E-state index is 0.00603. The van der Waals surface area contributed by atoms with Crippen LogP contribution in [0.2, 0.25) is 0 Å². The Balaban J connectivity index is 1.43. The monoisotopic (exact) mass is 588 g/mol. The van der Waals surface area contributed by atoms with Crippen molar-refractivity contribution in [3.63, 3.8) is 0 Å². The van der Waals surface area contributed by atoms with Crippen LogP contribution in [0.3, 0.4) is 0 Å². The van der Waals surface area contributed by atoms with Crippen LogP contribution in [0.4, 0.5) is 0 Å². The highest BCUT2D eigenvalue weighted by molar-refractivity contribution is 8.01. The Morgan fingerprint density at radius 2 is 1.83 bits per heavy atom. The number of aryl methyl sites for hydroxylation is 1. The Kier molecular flexibility index (Phi) is 6.70. The van der Waals surface area contributed by atoms with Crippen LogP contribution < -0.4 is 0 Å². The zero-order valence-electron chi connectivity index (χ0n) is 18.3. The molecule has 1 saturated heterocycles. The van der Waals surface area contributed by atoms with Crippen molar-refractivity contribution in [2.24, 2.45) is 7.05 Å². The molecule has 1 fully saturated rings. The van der Waals surface area contributed by atoms with Gasteiger partial charge >= 0.3 is 5.97 Å². The summed E-state index contributed by atoms with van der Waals surface area (Å²) < 4.78 is 4.82. The fraction of sp³-hybridized carbons (Fsp3) is 0.350. The third-order valence-electron chi connectivity index (χ3n) is 5.64. The number of imide groups is 1. The first-order valence-electron chi connectivity index (χ1n) is 10.3. The van der Waals surface area contributed by atoms with Gasteiger partial charge in [-0.25, -0.2) is 9.48 Å². The maximum atomic E-state index is 13.4. The lowest BCUT2D eigenvalue weighted by Gasteiger charge is -2.51. The third-order valence-corrected chi connectivity index (χ3v) is 8.39. The summed E-state index contributed by atoms with van der Waals surface area (Å²) in [5, 5.41) is 11.1. The Morgan fingerprint density at radius 3 is 2.42 bits per heavy atom. The topological polar surface area (TPSA) is 128 Å². The van der Waals surface area contributed by atoms with Crippen LogP contribution in [0, 0.1) is 0 Å². The number of benzene rings is 1. The maximum Gasteiger partial charge on any atom is 0.355 e. The molecule has 1 aromatic carbocycles. The number of rotatable bonds is 6. The molecule has 0 spiro atoms. The van der Waals surface area contributed by atoms with Crippen molar-refractivity contribution >= 4 is 82.0 Å². The van der Waals surface area contributed by atoms with E-state index in [-0.39, 0.29) is 22.6 Å². The molecule has 11 nitrogen and oxygen atoms in total. The van der Waals surface area contributed by atoms with Crippen LogP contribution in [0.15, 0.2) is 40.7 Å². The number of thioether (sulfide) groups is 2. The molecule has 3 aliphatic rings. The molecule has 0 N–H and O–H groups in total. The number of carbonyl (C=O) groups is 4. The number of esters is 1. The summed E-state index contributed by atoms with van der Waals surface area (Å²) in [4.78, 5) is 54.6. The van der Waals surface area contributed by atoms with Crippen LogP contribution in [0.5, 0.6) is 0 Å². The van der Waals surface area contributed by atoms with Gasteiger partial charge in [0, 0.05) is 18.6 Å². The molecule has 0 bridgehead atoms. The number of aromatic nitrogens is 4. The minimum atomic E-state index is -1.85. The highest BCUT2D eigenvalue weighted by atomic mass is 35.6. The molecule has 2 aromatic rings. The van der Waals surface area contributed by atoms with E-state index in [1.807, 2.05) is 0 Å². The summed E-state index contributed by atoms with van der Waals surface area (Å²) in [5.74, 6) is -1.93. The molecule has 3 aliphatic heterocycles. The van der Waals surface area contributed by atoms with Gasteiger partial charge in [0.15, 0.2) is 0 Å². The van der Waals surface area contributed by atoms with Crippen LogP contribution in [0.1, 0.15) is 20.7 Å². The van der Waals surface area contributed by atoms with Gasteiger partial charge < -0.3 is 4.74 Å². The molecular weight excluding hydrogens is 575 g/mol. The molecule has 0 aliphatic carbocycles. The molecule has 5 rings (SSSR count). The molecule has 4 heterocycles. The number of halogens is 3. The highest BCUT2D eigenvalue weighted by Crippen LogP contribution is 2.45. The van der Waals surface area contributed by atoms with Crippen molar-refractivity contribution < 1.29 is 23.9 Å². The smallest absolute Gasteiger partial charge is 0.355 e. The van der Waals surface area contributed by atoms with Crippen LogP contribution >= 0.6 is 58.3 Å². The van der Waals surface area contributed by atoms with Gasteiger partial charge in [-0.3, -0.25) is 24.2 Å². The second kappa shape index (κ2) is 9.53. The molecule has 1 unspecified atom stereocenters. The summed E-state index contributed by atoms with van der Waals surface area (Å²) in [6, 6.07) is 5.32. The first kappa shape index (κ1) is 25.3. The Bertz CT molecular complexity index is 1290. The molecule has 16 heteroatoms. The molecule has 36 heavy (non-hydrogen) atoms. The van der Waals surface area contributed by atoms with Crippen molar-refractivity contribution in [1.29, 1.82) is 0 Å². The van der Waals surface area contributed by atoms with Gasteiger partial charge in [-0.1, -0.05) is 58.7 Å². The van der Waals surface area contributed by atoms with E-state index in [4.69, 9.17) is 39.5 Å². The summed E-state index contributed by atoms with van der Waals surface area (Å²) >= 11 is 19.8. The highest BCUT2D eigenvalue weighted by Gasteiger charge is 2.60. The zero-order valence-corrected chi connectivity index (χ0v) is 22.2. The standard InChI is InChI=1S/C20H15Cl3N6O5S2/c1-27-19(24-25-26-27)36-7-9-6-35-17-13(28-14(30)10-4-2-3-5-11(10)15(28)31)16(32)29(17)12(9)18(33)34-8-20(21,22)23/h2-5,13,17H,6-8H2,1H3/t13?,17-/m1/s1. The molecule has 0 radical (unpaired) electrons. The molecule has 0 saturated carbocycles. The molecule has 3 amide bonds. The van der Waals surface area contributed by atoms with Crippen LogP contribution in [0.25, 0.3) is 0 Å². The number of alkyl halides is 3. The Labute approximate surface area is 227 Å². The predicted octanol–water partition coefficient (Wildman–Crippen LogP) is 2.05. The fourth-order valence-electron chi connectivity index (χ4n) is 4.04. The van der Waals surface area contributed by atoms with Crippen molar-refractivity contribution in [3.05, 3.63) is 46.7 Å². The number of hydrogen-bond acceptors (Lipinski definition) is 10. The Hall–Kier alpha value is -2.32. The van der Waals surface area contributed by atoms with E-state index in [2.05, 4.69) is 15.5 Å². The van der Waals surface area contributed by atoms with Gasteiger partial charge in [0.25, 0.3) is 17.7 Å². The summed E-state index contributed by atoms with van der Waals surface area (Å²) in [7, 11) is 1.67. The maximum absolute atomic E-state index is 13.4. The van der Waals surface area contributed by atoms with E-state index < -0.39 is 45.5 Å². The second-order valence-corrected chi connectivity index (χ2v) is 12.5. The largest absolute Gasteiger partial charge is 0.456 e. The lowest BCUT2D eigenvalue weighted by atomic mass is 10.0. The number of ether oxygens (including phenoxy) is 1. The van der Waals surface area contributed by atoms with E-state index in [1.165, 1.54) is 33.1 Å². The minimum Gasteiger partial charge on any atom is -0.456 e. The van der Waals surface area contributed by atoms with Crippen molar-refractivity contribution in [2.45, 2.75) is 20.4 Å². The summed E-state index contributed by atoms with van der Waals surface area (Å²) in [6.45, 7) is -0.532. The lowest BCUT2D eigenvalue weighted by molar-refractivity contribution is -0.154. The molecule has 2 atom stereocenters. The normalized spacial score (nSPS) is 21.5. The van der Waals surface area contributed by atoms with E-state index >= 15 is 0 Å². The van der Waals surface area contributed by atoms with Gasteiger partial charge in [0.05, 0.1) is 11.1 Å². The van der Waals surface area contributed by atoms with Gasteiger partial charge in [0.2, 0.25) is 8.95 Å². The van der Waals surface area contributed by atoms with Crippen molar-refractivity contribution in [1.82, 2.24) is 30.0 Å². The van der Waals surface area contributed by atoms with Crippen LogP contribution in [-0.4, -0.2) is 87.0 Å². The first-order chi connectivity index (χ1) is 17.1. The van der Waals surface area contributed by atoms with E-state index in [0.29, 0.717) is 16.5 Å². The van der Waals surface area contributed by atoms with Gasteiger partial charge in [0.1, 0.15) is 23.7 Å². The molecule has 1 aromatic heterocycles. The van der Waals surface area contributed by atoms with Crippen molar-refractivity contribution in [3.8, 4) is 0 Å². The SMILES string of the molecule is Cn1nnnc1SCC1=C(C(=O)OCC(Cl)(Cl)Cl)N2C(=O)C(N3C(=O)c4ccccc4C3=O)[C@H]2SC1. The molecular formula is C20H15Cl3N6O5S2. The lowest BCUT2D eigenvalue weighted by Crippen LogP contribution is -2.71. The first-order valence-corrected chi connectivity index (χ1v) is 13.5. The average Bonchev–Trinajstić information content (AvgIpc) is 3.36. The Morgan fingerprint density at radius 1 is 1.17 bits per heavy atom. The average molecular weight is 590 g/mol. The number of β-lactam (4-membered cyclic amide) rings is 1. The zero-order chi connectivity index (χ0) is 25.8. The van der Waals surface area contributed by atoms with Gasteiger partial charge in [-0.2, -0.15) is 0 Å². The predicted molar refractivity (Wildman–Crippen MR) is 132 cm³/mol. The second-order valence-electron chi connectivity index (χ2n) is 7.90. The van der Waals surface area contributed by atoms with Crippen LogP contribution in [-0.2, 0) is 21.4 Å². The van der Waals surface area contributed by atoms with Gasteiger partial charge in [-0.15, -0.1) is 16.9 Å². The fourth-order valence-corrected chi connectivity index (χ4v) is 6.58. The number of fused-ring (bicyclic) bond motifs is 2. The number of carbonyl (C=O) groups excluding carboxylic acids is 4.